The smallest absolute Gasteiger partial charge is 0.334 e. The molecule has 0 spiro atoms. The van der Waals surface area contributed by atoms with Crippen LogP contribution in [0.2, 0.25) is 0 Å². The van der Waals surface area contributed by atoms with Gasteiger partial charge in [0.25, 0.3) is 0 Å². The van der Waals surface area contributed by atoms with Gasteiger partial charge in [-0.25, -0.2) is 4.79 Å². The normalized spacial score (nSPS) is 26.0. The fourth-order valence-corrected chi connectivity index (χ4v) is 5.44. The van der Waals surface area contributed by atoms with Crippen molar-refractivity contribution in [2.75, 3.05) is 6.61 Å². The van der Waals surface area contributed by atoms with Crippen LogP contribution in [-0.4, -0.2) is 58.5 Å². The minimum atomic E-state index is -1.65. The lowest BCUT2D eigenvalue weighted by molar-refractivity contribution is -0.176. The van der Waals surface area contributed by atoms with Crippen LogP contribution in [0.4, 0.5) is 0 Å². The number of benzene rings is 1. The topological polar surface area (TPSA) is 98.9 Å². The SMILES string of the molecule is CCOC(=O)[C@H](CCc1ccccc1)N1[C@@H]2C=CCC[C@@H]2C[C@]1(C(=O)OC(C)(C)C)C(=O)C(C)N. The summed E-state index contributed by atoms with van der Waals surface area (Å²) in [5.41, 5.74) is 4.75. The maximum atomic E-state index is 13.9. The molecule has 1 heterocycles. The highest BCUT2D eigenvalue weighted by molar-refractivity contribution is 6.11. The van der Waals surface area contributed by atoms with Crippen molar-refractivity contribution in [3.63, 3.8) is 0 Å². The van der Waals surface area contributed by atoms with Crippen molar-refractivity contribution in [1.29, 1.82) is 0 Å². The van der Waals surface area contributed by atoms with E-state index in [-0.39, 0.29) is 25.0 Å². The Morgan fingerprint density at radius 3 is 2.49 bits per heavy atom. The van der Waals surface area contributed by atoms with E-state index in [0.29, 0.717) is 12.8 Å². The summed E-state index contributed by atoms with van der Waals surface area (Å²) in [7, 11) is 0. The van der Waals surface area contributed by atoms with Crippen molar-refractivity contribution < 1.29 is 23.9 Å². The fraction of sp³-hybridized carbons (Fsp3) is 0.607. The number of allylic oxidation sites excluding steroid dienone is 1. The first-order chi connectivity index (χ1) is 16.5. The molecular weight excluding hydrogens is 444 g/mol. The summed E-state index contributed by atoms with van der Waals surface area (Å²) in [5.74, 6) is -1.45. The molecule has 0 bridgehead atoms. The van der Waals surface area contributed by atoms with E-state index in [4.69, 9.17) is 15.2 Å². The summed E-state index contributed by atoms with van der Waals surface area (Å²) in [6.07, 6.45) is 7.05. The number of carbonyl (C=O) groups is 3. The number of likely N-dealkylation sites (tertiary alicyclic amines) is 1. The molecule has 2 N–H and O–H groups in total. The van der Waals surface area contributed by atoms with Crippen molar-refractivity contribution in [2.24, 2.45) is 11.7 Å². The predicted molar refractivity (Wildman–Crippen MR) is 135 cm³/mol. The van der Waals surface area contributed by atoms with E-state index in [0.717, 1.165) is 18.4 Å². The molecule has 7 nitrogen and oxygen atoms in total. The lowest BCUT2D eigenvalue weighted by atomic mass is 9.81. The molecule has 0 saturated carbocycles. The summed E-state index contributed by atoms with van der Waals surface area (Å²) < 4.78 is 11.4. The number of hydrogen-bond acceptors (Lipinski definition) is 7. The molecule has 35 heavy (non-hydrogen) atoms. The Hall–Kier alpha value is -2.51. The zero-order chi connectivity index (χ0) is 25.8. The van der Waals surface area contributed by atoms with Crippen LogP contribution in [0.1, 0.15) is 65.9 Å². The van der Waals surface area contributed by atoms with Crippen LogP contribution < -0.4 is 5.73 Å². The average molecular weight is 485 g/mol. The molecule has 1 aromatic carbocycles. The van der Waals surface area contributed by atoms with E-state index in [1.165, 1.54) is 0 Å². The van der Waals surface area contributed by atoms with Crippen LogP contribution in [-0.2, 0) is 30.3 Å². The average Bonchev–Trinajstić information content (AvgIpc) is 3.14. The molecule has 0 radical (unpaired) electrons. The van der Waals surface area contributed by atoms with Gasteiger partial charge in [0.05, 0.1) is 12.6 Å². The summed E-state index contributed by atoms with van der Waals surface area (Å²) in [6.45, 7) is 8.89. The Balaban J connectivity index is 2.13. The number of Topliss-reactive ketones (excluding diaryl/α,β-unsaturated/α-hetero) is 1. The van der Waals surface area contributed by atoms with E-state index in [1.54, 1.807) is 39.5 Å². The van der Waals surface area contributed by atoms with Crippen LogP contribution in [0.25, 0.3) is 0 Å². The molecule has 1 fully saturated rings. The zero-order valence-electron chi connectivity index (χ0n) is 21.7. The van der Waals surface area contributed by atoms with Gasteiger partial charge >= 0.3 is 11.9 Å². The Kier molecular flexibility index (Phi) is 8.54. The zero-order valence-corrected chi connectivity index (χ0v) is 21.7. The quantitative estimate of drug-likeness (QED) is 0.325. The number of esters is 2. The lowest BCUT2D eigenvalue weighted by Gasteiger charge is -2.43. The maximum absolute atomic E-state index is 13.9. The molecule has 3 rings (SSSR count). The number of nitrogens with two attached hydrogens (primary N) is 1. The van der Waals surface area contributed by atoms with Gasteiger partial charge in [-0.2, -0.15) is 0 Å². The molecule has 1 aliphatic carbocycles. The first-order valence-electron chi connectivity index (χ1n) is 12.7. The number of carbonyl (C=O) groups excluding carboxylic acids is 3. The monoisotopic (exact) mass is 484 g/mol. The van der Waals surface area contributed by atoms with Gasteiger partial charge in [-0.3, -0.25) is 14.5 Å². The van der Waals surface area contributed by atoms with Crippen molar-refractivity contribution in [2.45, 2.75) is 96.0 Å². The van der Waals surface area contributed by atoms with Crippen molar-refractivity contribution >= 4 is 17.7 Å². The second kappa shape index (κ2) is 11.0. The first kappa shape index (κ1) is 27.1. The third kappa shape index (κ3) is 5.84. The number of hydrogen-bond donors (Lipinski definition) is 1. The van der Waals surface area contributed by atoms with Gasteiger partial charge in [-0.1, -0.05) is 42.5 Å². The van der Waals surface area contributed by atoms with Crippen molar-refractivity contribution in [3.05, 3.63) is 48.0 Å². The molecule has 1 aromatic rings. The van der Waals surface area contributed by atoms with E-state index in [1.807, 2.05) is 36.4 Å². The van der Waals surface area contributed by atoms with E-state index < -0.39 is 40.9 Å². The third-order valence-electron chi connectivity index (χ3n) is 6.84. The van der Waals surface area contributed by atoms with Crippen LogP contribution in [0.5, 0.6) is 0 Å². The summed E-state index contributed by atoms with van der Waals surface area (Å²) in [4.78, 5) is 43.0. The number of rotatable bonds is 9. The Bertz CT molecular complexity index is 936. The standard InChI is InChI=1S/C28H40N2O5/c1-6-34-25(32)23(17-16-20-12-8-7-9-13-20)30-22-15-11-10-14-21(22)18-28(30,24(31)19(2)29)26(33)35-27(3,4)5/h7-9,11-13,15,19,21-23H,6,10,14,16-18,29H2,1-5H3/t19?,21-,22-,23+,28-/m1/s1. The van der Waals surface area contributed by atoms with Gasteiger partial charge in [-0.15, -0.1) is 0 Å². The van der Waals surface area contributed by atoms with Gasteiger partial charge in [0.2, 0.25) is 0 Å². The number of ketones is 1. The van der Waals surface area contributed by atoms with Gasteiger partial charge in [0.1, 0.15) is 11.6 Å². The van der Waals surface area contributed by atoms with E-state index in [2.05, 4.69) is 6.08 Å². The minimum absolute atomic E-state index is 0.0314. The van der Waals surface area contributed by atoms with Gasteiger partial charge in [0, 0.05) is 6.04 Å². The van der Waals surface area contributed by atoms with Crippen LogP contribution >= 0.6 is 0 Å². The summed E-state index contributed by atoms with van der Waals surface area (Å²) in [5, 5.41) is 0. The number of ether oxygens (including phenoxy) is 2. The largest absolute Gasteiger partial charge is 0.465 e. The second-order valence-electron chi connectivity index (χ2n) is 10.7. The predicted octanol–water partition coefficient (Wildman–Crippen LogP) is 3.59. The molecule has 1 saturated heterocycles. The van der Waals surface area contributed by atoms with Gasteiger partial charge < -0.3 is 15.2 Å². The van der Waals surface area contributed by atoms with E-state index >= 15 is 0 Å². The molecule has 2 aliphatic rings. The molecule has 0 aromatic heterocycles. The number of aryl methyl sites for hydroxylation is 1. The fourth-order valence-electron chi connectivity index (χ4n) is 5.44. The third-order valence-corrected chi connectivity index (χ3v) is 6.84. The highest BCUT2D eigenvalue weighted by Gasteiger charge is 2.64. The highest BCUT2D eigenvalue weighted by atomic mass is 16.6. The Morgan fingerprint density at radius 2 is 1.89 bits per heavy atom. The molecule has 5 atom stereocenters. The molecule has 192 valence electrons. The highest BCUT2D eigenvalue weighted by Crippen LogP contribution is 2.47. The number of fused-ring (bicyclic) bond motifs is 1. The van der Waals surface area contributed by atoms with Crippen LogP contribution in [0, 0.1) is 5.92 Å². The molecule has 0 amide bonds. The molecule has 1 unspecified atom stereocenters. The Labute approximate surface area is 209 Å². The first-order valence-corrected chi connectivity index (χ1v) is 12.7. The van der Waals surface area contributed by atoms with Gasteiger partial charge in [-0.05, 0) is 78.2 Å². The number of nitrogens with zero attached hydrogens (tertiary/aromatic N) is 1. The molecular formula is C28H40N2O5. The van der Waals surface area contributed by atoms with Crippen molar-refractivity contribution in [3.8, 4) is 0 Å². The summed E-state index contributed by atoms with van der Waals surface area (Å²) >= 11 is 0. The Morgan fingerprint density at radius 1 is 1.20 bits per heavy atom. The van der Waals surface area contributed by atoms with E-state index in [9.17, 15) is 14.4 Å². The summed E-state index contributed by atoms with van der Waals surface area (Å²) in [6, 6.07) is 7.90. The van der Waals surface area contributed by atoms with Crippen LogP contribution in [0.15, 0.2) is 42.5 Å². The van der Waals surface area contributed by atoms with Crippen LogP contribution in [0.3, 0.4) is 0 Å². The molecule has 7 heteroatoms. The van der Waals surface area contributed by atoms with Gasteiger partial charge in [0.15, 0.2) is 11.3 Å². The second-order valence-corrected chi connectivity index (χ2v) is 10.7. The molecule has 1 aliphatic heterocycles. The minimum Gasteiger partial charge on any atom is -0.465 e. The van der Waals surface area contributed by atoms with Crippen molar-refractivity contribution in [1.82, 2.24) is 4.90 Å². The maximum Gasteiger partial charge on any atom is 0.334 e. The lowest BCUT2D eigenvalue weighted by Crippen LogP contribution is -2.67.